The van der Waals surface area contributed by atoms with Crippen LogP contribution in [0.1, 0.15) is 5.56 Å². The van der Waals surface area contributed by atoms with Gasteiger partial charge in [-0.2, -0.15) is 0 Å². The van der Waals surface area contributed by atoms with Gasteiger partial charge < -0.3 is 5.21 Å². The molecule has 1 rings (SSSR count). The van der Waals surface area contributed by atoms with E-state index < -0.39 is 9.84 Å². The SMILES string of the molecule is CS(=O)(=O)c1cccc(Cl)c1CNO. The largest absolute Gasteiger partial charge is 0.316 e. The summed E-state index contributed by atoms with van der Waals surface area (Å²) in [5.74, 6) is 0. The second-order valence-electron chi connectivity index (χ2n) is 2.82. The maximum Gasteiger partial charge on any atom is 0.175 e. The van der Waals surface area contributed by atoms with Gasteiger partial charge in [0.2, 0.25) is 0 Å². The van der Waals surface area contributed by atoms with Crippen molar-refractivity contribution in [3.05, 3.63) is 28.8 Å². The van der Waals surface area contributed by atoms with Crippen molar-refractivity contribution in [1.82, 2.24) is 5.48 Å². The first-order valence-electron chi connectivity index (χ1n) is 3.81. The predicted molar refractivity (Wildman–Crippen MR) is 53.2 cm³/mol. The van der Waals surface area contributed by atoms with E-state index in [9.17, 15) is 8.42 Å². The van der Waals surface area contributed by atoms with E-state index in [1.54, 1.807) is 12.1 Å². The van der Waals surface area contributed by atoms with Gasteiger partial charge in [0.05, 0.1) is 4.90 Å². The number of sulfone groups is 1. The Morgan fingerprint density at radius 3 is 2.64 bits per heavy atom. The van der Waals surface area contributed by atoms with Crippen LogP contribution in [0.2, 0.25) is 5.02 Å². The van der Waals surface area contributed by atoms with Crippen LogP contribution in [-0.4, -0.2) is 19.9 Å². The standard InChI is InChI=1S/C8H10ClNO3S/c1-14(12,13)8-4-2-3-7(9)6(8)5-10-11/h2-4,10-11H,5H2,1H3. The summed E-state index contributed by atoms with van der Waals surface area (Å²) in [5.41, 5.74) is 2.26. The van der Waals surface area contributed by atoms with E-state index >= 15 is 0 Å². The minimum absolute atomic E-state index is 0.00206. The maximum atomic E-state index is 11.3. The molecule has 1 aromatic carbocycles. The van der Waals surface area contributed by atoms with Crippen LogP contribution < -0.4 is 5.48 Å². The molecule has 0 aliphatic rings. The summed E-state index contributed by atoms with van der Waals surface area (Å²) in [6.45, 7) is 0.00206. The number of benzene rings is 1. The van der Waals surface area contributed by atoms with Gasteiger partial charge in [0.25, 0.3) is 0 Å². The summed E-state index contributed by atoms with van der Waals surface area (Å²) in [4.78, 5) is 0.131. The zero-order valence-corrected chi connectivity index (χ0v) is 9.06. The van der Waals surface area contributed by atoms with Gasteiger partial charge in [-0.1, -0.05) is 17.7 Å². The lowest BCUT2D eigenvalue weighted by Gasteiger charge is -2.08. The van der Waals surface area contributed by atoms with E-state index in [1.165, 1.54) is 6.07 Å². The molecule has 0 saturated carbocycles. The van der Waals surface area contributed by atoms with E-state index in [-0.39, 0.29) is 11.4 Å². The molecule has 0 amide bonds. The summed E-state index contributed by atoms with van der Waals surface area (Å²) >= 11 is 5.80. The van der Waals surface area contributed by atoms with E-state index in [0.29, 0.717) is 10.6 Å². The minimum Gasteiger partial charge on any atom is -0.316 e. The monoisotopic (exact) mass is 235 g/mol. The molecule has 0 radical (unpaired) electrons. The van der Waals surface area contributed by atoms with E-state index in [2.05, 4.69) is 0 Å². The van der Waals surface area contributed by atoms with Gasteiger partial charge >= 0.3 is 0 Å². The smallest absolute Gasteiger partial charge is 0.175 e. The Kier molecular flexibility index (Phi) is 3.49. The second kappa shape index (κ2) is 4.27. The molecule has 0 spiro atoms. The molecule has 0 saturated heterocycles. The molecule has 0 unspecified atom stereocenters. The van der Waals surface area contributed by atoms with Crippen molar-refractivity contribution >= 4 is 21.4 Å². The van der Waals surface area contributed by atoms with Gasteiger partial charge in [0.15, 0.2) is 9.84 Å². The lowest BCUT2D eigenvalue weighted by Crippen LogP contribution is -2.11. The Balaban J connectivity index is 3.36. The quantitative estimate of drug-likeness (QED) is 0.774. The molecule has 0 bridgehead atoms. The van der Waals surface area contributed by atoms with Crippen molar-refractivity contribution in [2.75, 3.05) is 6.26 Å². The predicted octanol–water partition coefficient (Wildman–Crippen LogP) is 1.22. The third-order valence-electron chi connectivity index (χ3n) is 1.73. The Morgan fingerprint density at radius 1 is 1.50 bits per heavy atom. The summed E-state index contributed by atoms with van der Waals surface area (Å²) < 4.78 is 22.6. The van der Waals surface area contributed by atoms with Crippen LogP contribution in [-0.2, 0) is 16.4 Å². The number of hydrogen-bond acceptors (Lipinski definition) is 4. The molecule has 2 N–H and O–H groups in total. The highest BCUT2D eigenvalue weighted by Crippen LogP contribution is 2.23. The fraction of sp³-hybridized carbons (Fsp3) is 0.250. The van der Waals surface area contributed by atoms with Gasteiger partial charge in [-0.15, -0.1) is 0 Å². The summed E-state index contributed by atoms with van der Waals surface area (Å²) in [6, 6.07) is 4.58. The highest BCUT2D eigenvalue weighted by Gasteiger charge is 2.14. The van der Waals surface area contributed by atoms with Crippen molar-refractivity contribution in [1.29, 1.82) is 0 Å². The number of hydroxylamine groups is 1. The second-order valence-corrected chi connectivity index (χ2v) is 5.21. The molecule has 1 aromatic rings. The average molecular weight is 236 g/mol. The maximum absolute atomic E-state index is 11.3. The first kappa shape index (κ1) is 11.5. The molecule has 0 aromatic heterocycles. The van der Waals surface area contributed by atoms with Crippen molar-refractivity contribution < 1.29 is 13.6 Å². The molecule has 0 atom stereocenters. The Bertz CT molecular complexity index is 430. The number of halogens is 1. The number of rotatable bonds is 3. The lowest BCUT2D eigenvalue weighted by molar-refractivity contribution is 0.160. The average Bonchev–Trinajstić information content (AvgIpc) is 2.07. The van der Waals surface area contributed by atoms with E-state index in [4.69, 9.17) is 16.8 Å². The molecule has 0 aliphatic heterocycles. The molecule has 0 fully saturated rings. The zero-order valence-electron chi connectivity index (χ0n) is 7.49. The summed E-state index contributed by atoms with van der Waals surface area (Å²) in [7, 11) is -3.31. The normalized spacial score (nSPS) is 11.6. The van der Waals surface area contributed by atoms with Gasteiger partial charge in [-0.25, -0.2) is 13.9 Å². The van der Waals surface area contributed by atoms with Crippen LogP contribution >= 0.6 is 11.6 Å². The van der Waals surface area contributed by atoms with E-state index in [1.807, 2.05) is 5.48 Å². The molecular weight excluding hydrogens is 226 g/mol. The van der Waals surface area contributed by atoms with Crippen LogP contribution in [0.25, 0.3) is 0 Å². The number of nitrogens with one attached hydrogen (secondary N) is 1. The van der Waals surface area contributed by atoms with Crippen molar-refractivity contribution in [2.45, 2.75) is 11.4 Å². The Labute approximate surface area is 87.4 Å². The number of hydrogen-bond donors (Lipinski definition) is 2. The first-order valence-corrected chi connectivity index (χ1v) is 6.08. The third-order valence-corrected chi connectivity index (χ3v) is 3.27. The molecule has 0 heterocycles. The van der Waals surface area contributed by atoms with Crippen LogP contribution in [0, 0.1) is 0 Å². The summed E-state index contributed by atoms with van der Waals surface area (Å²) in [6.07, 6.45) is 1.10. The molecule has 0 aliphatic carbocycles. The third kappa shape index (κ3) is 2.45. The van der Waals surface area contributed by atoms with Gasteiger partial charge in [-0.3, -0.25) is 0 Å². The van der Waals surface area contributed by atoms with Crippen LogP contribution in [0.15, 0.2) is 23.1 Å². The molecular formula is C8H10ClNO3S. The van der Waals surface area contributed by atoms with Gasteiger partial charge in [-0.05, 0) is 12.1 Å². The highest BCUT2D eigenvalue weighted by molar-refractivity contribution is 7.90. The lowest BCUT2D eigenvalue weighted by atomic mass is 10.2. The summed E-state index contributed by atoms with van der Waals surface area (Å²) in [5, 5.41) is 8.85. The molecule has 14 heavy (non-hydrogen) atoms. The van der Waals surface area contributed by atoms with Crippen molar-refractivity contribution in [2.24, 2.45) is 0 Å². The van der Waals surface area contributed by atoms with Gasteiger partial charge in [0, 0.05) is 23.4 Å². The first-order chi connectivity index (χ1) is 6.46. The Hall–Kier alpha value is -0.620. The zero-order chi connectivity index (χ0) is 10.8. The fourth-order valence-corrected chi connectivity index (χ4v) is 2.39. The van der Waals surface area contributed by atoms with Crippen LogP contribution in [0.4, 0.5) is 0 Å². The van der Waals surface area contributed by atoms with Crippen molar-refractivity contribution in [3.8, 4) is 0 Å². The highest BCUT2D eigenvalue weighted by atomic mass is 35.5. The molecule has 78 valence electrons. The fourth-order valence-electron chi connectivity index (χ4n) is 1.14. The topological polar surface area (TPSA) is 66.4 Å². The molecule has 4 nitrogen and oxygen atoms in total. The molecule has 6 heteroatoms. The van der Waals surface area contributed by atoms with Crippen LogP contribution in [0.3, 0.4) is 0 Å². The van der Waals surface area contributed by atoms with Crippen LogP contribution in [0.5, 0.6) is 0 Å². The van der Waals surface area contributed by atoms with E-state index in [0.717, 1.165) is 6.26 Å². The Morgan fingerprint density at radius 2 is 2.14 bits per heavy atom. The van der Waals surface area contributed by atoms with Gasteiger partial charge in [0.1, 0.15) is 0 Å². The minimum atomic E-state index is -3.31. The van der Waals surface area contributed by atoms with Crippen molar-refractivity contribution in [3.63, 3.8) is 0 Å².